The minimum Gasteiger partial charge on any atom is -0.349 e. The molecule has 2 N–H and O–H groups in total. The van der Waals surface area contributed by atoms with E-state index in [9.17, 15) is 19.7 Å². The highest BCUT2D eigenvalue weighted by molar-refractivity contribution is 7.13. The Balaban J connectivity index is 1.46. The Kier molecular flexibility index (Phi) is 6.37. The predicted octanol–water partition coefficient (Wildman–Crippen LogP) is 2.80. The van der Waals surface area contributed by atoms with Gasteiger partial charge in [-0.05, 0) is 38.0 Å². The lowest BCUT2D eigenvalue weighted by atomic mass is 10.0. The van der Waals surface area contributed by atoms with E-state index in [0.717, 1.165) is 17.7 Å². The molecule has 1 fully saturated rings. The summed E-state index contributed by atoms with van der Waals surface area (Å²) in [4.78, 5) is 38.8. The molecule has 2 heterocycles. The van der Waals surface area contributed by atoms with Crippen molar-refractivity contribution in [2.24, 2.45) is 0 Å². The minimum atomic E-state index is -0.515. The Labute approximate surface area is 166 Å². The summed E-state index contributed by atoms with van der Waals surface area (Å²) in [7, 11) is 0. The first-order chi connectivity index (χ1) is 13.4. The lowest BCUT2D eigenvalue weighted by Gasteiger charge is -2.31. The molecule has 1 aromatic carbocycles. The SMILES string of the molecule is Cc1ccc(C(=O)NC2CCN(CC(=O)Nc3ccccc3[N+](=O)[O-])CC2)s1. The molecule has 0 bridgehead atoms. The van der Waals surface area contributed by atoms with Crippen LogP contribution < -0.4 is 10.6 Å². The number of aryl methyl sites for hydroxylation is 1. The van der Waals surface area contributed by atoms with Crippen LogP contribution >= 0.6 is 11.3 Å². The fourth-order valence-electron chi connectivity index (χ4n) is 3.18. The summed E-state index contributed by atoms with van der Waals surface area (Å²) in [6.45, 7) is 3.49. The highest BCUT2D eigenvalue weighted by Crippen LogP contribution is 2.23. The molecule has 28 heavy (non-hydrogen) atoms. The monoisotopic (exact) mass is 402 g/mol. The molecular formula is C19H22N4O4S. The number of nitrogens with zero attached hydrogens (tertiary/aromatic N) is 2. The Morgan fingerprint density at radius 1 is 1.21 bits per heavy atom. The van der Waals surface area contributed by atoms with Crippen molar-refractivity contribution in [2.45, 2.75) is 25.8 Å². The number of para-hydroxylation sites is 2. The molecule has 148 valence electrons. The fourth-order valence-corrected chi connectivity index (χ4v) is 3.95. The van der Waals surface area contributed by atoms with E-state index in [-0.39, 0.29) is 35.8 Å². The van der Waals surface area contributed by atoms with Gasteiger partial charge < -0.3 is 10.6 Å². The summed E-state index contributed by atoms with van der Waals surface area (Å²) >= 11 is 1.47. The van der Waals surface area contributed by atoms with Crippen LogP contribution in [0, 0.1) is 17.0 Å². The first-order valence-electron chi connectivity index (χ1n) is 9.05. The van der Waals surface area contributed by atoms with Crippen molar-refractivity contribution in [2.75, 3.05) is 25.0 Å². The van der Waals surface area contributed by atoms with Gasteiger partial charge in [-0.25, -0.2) is 0 Å². The number of nitro benzene ring substituents is 1. The maximum absolute atomic E-state index is 12.3. The van der Waals surface area contributed by atoms with Gasteiger partial charge >= 0.3 is 0 Å². The van der Waals surface area contributed by atoms with Gasteiger partial charge in [-0.3, -0.25) is 24.6 Å². The van der Waals surface area contributed by atoms with E-state index in [4.69, 9.17) is 0 Å². The van der Waals surface area contributed by atoms with Gasteiger partial charge in [0.1, 0.15) is 5.69 Å². The molecule has 1 saturated heterocycles. The second-order valence-electron chi connectivity index (χ2n) is 6.76. The number of rotatable bonds is 6. The third kappa shape index (κ3) is 5.14. The number of carbonyl (C=O) groups is 2. The highest BCUT2D eigenvalue weighted by Gasteiger charge is 2.23. The maximum Gasteiger partial charge on any atom is 0.292 e. The number of thiophene rings is 1. The van der Waals surface area contributed by atoms with Crippen LogP contribution in [0.2, 0.25) is 0 Å². The second kappa shape index (κ2) is 8.94. The van der Waals surface area contributed by atoms with Crippen LogP contribution in [-0.2, 0) is 4.79 Å². The van der Waals surface area contributed by atoms with Crippen molar-refractivity contribution in [1.82, 2.24) is 10.2 Å². The smallest absolute Gasteiger partial charge is 0.292 e. The predicted molar refractivity (Wildman–Crippen MR) is 108 cm³/mol. The Morgan fingerprint density at radius 3 is 2.57 bits per heavy atom. The topological polar surface area (TPSA) is 105 Å². The summed E-state index contributed by atoms with van der Waals surface area (Å²) < 4.78 is 0. The van der Waals surface area contributed by atoms with Gasteiger partial charge in [0, 0.05) is 30.1 Å². The normalized spacial score (nSPS) is 15.2. The molecule has 3 rings (SSSR count). The fraction of sp³-hybridized carbons (Fsp3) is 0.368. The summed E-state index contributed by atoms with van der Waals surface area (Å²) in [6.07, 6.45) is 1.52. The molecule has 8 nitrogen and oxygen atoms in total. The standard InChI is InChI=1S/C19H22N4O4S/c1-13-6-7-17(28-13)19(25)20-14-8-10-22(11-9-14)12-18(24)21-15-4-2-3-5-16(15)23(26)27/h2-7,14H,8-12H2,1H3,(H,20,25)(H,21,24). The summed E-state index contributed by atoms with van der Waals surface area (Å²) in [5.74, 6) is -0.337. The molecule has 0 saturated carbocycles. The van der Waals surface area contributed by atoms with Gasteiger partial charge in [-0.2, -0.15) is 0 Å². The molecule has 9 heteroatoms. The molecular weight excluding hydrogens is 380 g/mol. The largest absolute Gasteiger partial charge is 0.349 e. The molecule has 0 spiro atoms. The number of likely N-dealkylation sites (tertiary alicyclic amines) is 1. The van der Waals surface area contributed by atoms with E-state index in [1.165, 1.54) is 23.5 Å². The average molecular weight is 402 g/mol. The van der Waals surface area contributed by atoms with Crippen molar-refractivity contribution < 1.29 is 14.5 Å². The quantitative estimate of drug-likeness (QED) is 0.571. The number of piperidine rings is 1. The zero-order chi connectivity index (χ0) is 20.1. The number of amides is 2. The van der Waals surface area contributed by atoms with Gasteiger partial charge in [-0.1, -0.05) is 12.1 Å². The summed E-state index contributed by atoms with van der Waals surface area (Å²) in [5, 5.41) is 16.7. The van der Waals surface area contributed by atoms with Crippen LogP contribution in [0.3, 0.4) is 0 Å². The number of carbonyl (C=O) groups excluding carboxylic acids is 2. The molecule has 1 aromatic heterocycles. The van der Waals surface area contributed by atoms with Gasteiger partial charge in [0.2, 0.25) is 5.91 Å². The van der Waals surface area contributed by atoms with Crippen molar-refractivity contribution in [3.8, 4) is 0 Å². The summed E-state index contributed by atoms with van der Waals surface area (Å²) in [6, 6.07) is 9.93. The highest BCUT2D eigenvalue weighted by atomic mass is 32.1. The number of hydrogen-bond acceptors (Lipinski definition) is 6. The molecule has 1 aliphatic rings. The Bertz CT molecular complexity index is 874. The Morgan fingerprint density at radius 2 is 1.93 bits per heavy atom. The van der Waals surface area contributed by atoms with E-state index >= 15 is 0 Å². The number of hydrogen-bond donors (Lipinski definition) is 2. The third-order valence-corrected chi connectivity index (χ3v) is 5.63. The Hall–Kier alpha value is -2.78. The van der Waals surface area contributed by atoms with Crippen LogP contribution in [0.15, 0.2) is 36.4 Å². The van der Waals surface area contributed by atoms with E-state index < -0.39 is 4.92 Å². The zero-order valence-electron chi connectivity index (χ0n) is 15.5. The van der Waals surface area contributed by atoms with E-state index in [0.29, 0.717) is 18.0 Å². The van der Waals surface area contributed by atoms with Crippen LogP contribution in [0.1, 0.15) is 27.4 Å². The zero-order valence-corrected chi connectivity index (χ0v) is 16.3. The lowest BCUT2D eigenvalue weighted by Crippen LogP contribution is -2.46. The molecule has 0 unspecified atom stereocenters. The number of benzene rings is 1. The van der Waals surface area contributed by atoms with Crippen molar-refractivity contribution in [1.29, 1.82) is 0 Å². The first-order valence-corrected chi connectivity index (χ1v) is 9.87. The van der Waals surface area contributed by atoms with Crippen molar-refractivity contribution in [3.63, 3.8) is 0 Å². The minimum absolute atomic E-state index is 0.0503. The van der Waals surface area contributed by atoms with Gasteiger partial charge in [0.05, 0.1) is 16.3 Å². The second-order valence-corrected chi connectivity index (χ2v) is 8.04. The molecule has 1 aliphatic heterocycles. The molecule has 0 radical (unpaired) electrons. The number of anilines is 1. The van der Waals surface area contributed by atoms with E-state index in [1.54, 1.807) is 12.1 Å². The third-order valence-electron chi connectivity index (χ3n) is 4.63. The number of nitrogens with one attached hydrogen (secondary N) is 2. The summed E-state index contributed by atoms with van der Waals surface area (Å²) in [5.41, 5.74) is 0.0759. The molecule has 0 aliphatic carbocycles. The molecule has 2 aromatic rings. The van der Waals surface area contributed by atoms with Gasteiger partial charge in [0.15, 0.2) is 0 Å². The van der Waals surface area contributed by atoms with Gasteiger partial charge in [-0.15, -0.1) is 11.3 Å². The van der Waals surface area contributed by atoms with Crippen LogP contribution in [0.5, 0.6) is 0 Å². The average Bonchev–Trinajstić information content (AvgIpc) is 3.10. The van der Waals surface area contributed by atoms with Crippen molar-refractivity contribution >= 4 is 34.5 Å². The number of nitro groups is 1. The van der Waals surface area contributed by atoms with Crippen LogP contribution in [-0.4, -0.2) is 47.3 Å². The van der Waals surface area contributed by atoms with Crippen LogP contribution in [0.4, 0.5) is 11.4 Å². The maximum atomic E-state index is 12.3. The van der Waals surface area contributed by atoms with Crippen LogP contribution in [0.25, 0.3) is 0 Å². The van der Waals surface area contributed by atoms with Crippen molar-refractivity contribution in [3.05, 3.63) is 56.3 Å². The first kappa shape index (κ1) is 20.0. The molecule has 2 amide bonds. The van der Waals surface area contributed by atoms with E-state index in [1.807, 2.05) is 24.0 Å². The lowest BCUT2D eigenvalue weighted by molar-refractivity contribution is -0.383. The van der Waals surface area contributed by atoms with E-state index in [2.05, 4.69) is 10.6 Å². The van der Waals surface area contributed by atoms with Gasteiger partial charge in [0.25, 0.3) is 11.6 Å². The molecule has 0 atom stereocenters.